The molecule has 1 aliphatic heterocycles. The predicted molar refractivity (Wildman–Crippen MR) is 115 cm³/mol. The van der Waals surface area contributed by atoms with Crippen LogP contribution >= 0.6 is 27.7 Å². The first-order valence-corrected chi connectivity index (χ1v) is 10.4. The van der Waals surface area contributed by atoms with Crippen molar-refractivity contribution >= 4 is 43.6 Å². The van der Waals surface area contributed by atoms with E-state index in [-0.39, 0.29) is 11.5 Å². The Morgan fingerprint density at radius 2 is 2.04 bits per heavy atom. The Bertz CT molecular complexity index is 984. The summed E-state index contributed by atoms with van der Waals surface area (Å²) >= 11 is 5.01. The third-order valence-electron chi connectivity index (χ3n) is 4.58. The minimum atomic E-state index is -0.225. The molecule has 1 aliphatic rings. The molecule has 2 aromatic carbocycles. The Kier molecular flexibility index (Phi) is 5.23. The van der Waals surface area contributed by atoms with Crippen LogP contribution in [-0.4, -0.2) is 38.3 Å². The number of benzene rings is 2. The summed E-state index contributed by atoms with van der Waals surface area (Å²) < 4.78 is 1.07. The van der Waals surface area contributed by atoms with Gasteiger partial charge in [-0.1, -0.05) is 45.9 Å². The van der Waals surface area contributed by atoms with E-state index in [0.717, 1.165) is 38.1 Å². The zero-order valence-electron chi connectivity index (χ0n) is 14.9. The lowest BCUT2D eigenvalue weighted by molar-refractivity contribution is 0.261. The second kappa shape index (κ2) is 7.63. The highest BCUT2D eigenvalue weighted by atomic mass is 79.9. The van der Waals surface area contributed by atoms with Gasteiger partial charge in [-0.05, 0) is 43.2 Å². The van der Waals surface area contributed by atoms with E-state index in [1.165, 1.54) is 5.56 Å². The Labute approximate surface area is 170 Å². The number of hydrazone groups is 1. The molecule has 0 radical (unpaired) electrons. The van der Waals surface area contributed by atoms with Crippen LogP contribution in [0, 0.1) is 6.92 Å². The molecule has 5 N–H and O–H groups in total. The second-order valence-corrected chi connectivity index (χ2v) is 8.72. The van der Waals surface area contributed by atoms with E-state index >= 15 is 0 Å². The minimum absolute atomic E-state index is 0.0421. The SMILES string of the molecule is Cc1n[nH]c2ccc(C3=NN(C[C@H](N)Cc4ccc(Br)cc4)C(N)S3)cc12. The molecule has 0 bridgehead atoms. The average Bonchev–Trinajstić information content (AvgIpc) is 3.20. The van der Waals surface area contributed by atoms with E-state index in [1.54, 1.807) is 11.8 Å². The number of aryl methyl sites for hydroxylation is 1. The summed E-state index contributed by atoms with van der Waals surface area (Å²) in [6.45, 7) is 2.60. The van der Waals surface area contributed by atoms with Crippen molar-refractivity contribution in [3.8, 4) is 0 Å². The van der Waals surface area contributed by atoms with Crippen molar-refractivity contribution in [2.45, 2.75) is 24.9 Å². The number of hydrogen-bond acceptors (Lipinski definition) is 6. The Balaban J connectivity index is 1.47. The van der Waals surface area contributed by atoms with E-state index in [2.05, 4.69) is 44.3 Å². The van der Waals surface area contributed by atoms with Crippen LogP contribution < -0.4 is 11.5 Å². The molecule has 8 heteroatoms. The molecule has 2 atom stereocenters. The Morgan fingerprint density at radius 1 is 1.26 bits per heavy atom. The standard InChI is InChI=1S/C19H21BrN6S/c1-11-16-9-13(4-7-17(16)24-23-11)18-25-26(19(22)27-18)10-15(21)8-12-2-5-14(20)6-3-12/h2-7,9,15,19H,8,10,21-22H2,1H3,(H,23,24)/t15-,19?/m1/s1. The second-order valence-electron chi connectivity index (χ2n) is 6.70. The Morgan fingerprint density at radius 3 is 2.81 bits per heavy atom. The molecule has 140 valence electrons. The molecule has 0 saturated heterocycles. The Hall–Kier alpha value is -1.87. The van der Waals surface area contributed by atoms with Crippen LogP contribution in [0.4, 0.5) is 0 Å². The number of aromatic nitrogens is 2. The fraction of sp³-hybridized carbons (Fsp3) is 0.263. The van der Waals surface area contributed by atoms with Crippen molar-refractivity contribution in [3.63, 3.8) is 0 Å². The highest BCUT2D eigenvalue weighted by molar-refractivity contribution is 9.10. The third kappa shape index (κ3) is 4.03. The van der Waals surface area contributed by atoms with E-state index < -0.39 is 0 Å². The van der Waals surface area contributed by atoms with Gasteiger partial charge in [0, 0.05) is 21.5 Å². The van der Waals surface area contributed by atoms with Crippen molar-refractivity contribution in [2.75, 3.05) is 6.54 Å². The van der Waals surface area contributed by atoms with Crippen LogP contribution in [0.1, 0.15) is 16.8 Å². The molecule has 1 aromatic heterocycles. The molecular weight excluding hydrogens is 424 g/mol. The van der Waals surface area contributed by atoms with Crippen LogP contribution in [0.15, 0.2) is 52.0 Å². The number of rotatable bonds is 5. The molecule has 2 heterocycles. The molecule has 0 amide bonds. The van der Waals surface area contributed by atoms with Crippen molar-refractivity contribution in [1.82, 2.24) is 15.2 Å². The quantitative estimate of drug-likeness (QED) is 0.561. The largest absolute Gasteiger partial charge is 0.326 e. The highest BCUT2D eigenvalue weighted by Crippen LogP contribution is 2.29. The van der Waals surface area contributed by atoms with Crippen molar-refractivity contribution in [1.29, 1.82) is 0 Å². The number of nitrogens with two attached hydrogens (primary N) is 2. The molecule has 6 nitrogen and oxygen atoms in total. The number of nitrogens with one attached hydrogen (secondary N) is 1. The summed E-state index contributed by atoms with van der Waals surface area (Å²) in [5.74, 6) is 0. The lowest BCUT2D eigenvalue weighted by atomic mass is 10.1. The maximum absolute atomic E-state index is 6.35. The van der Waals surface area contributed by atoms with Gasteiger partial charge in [-0.15, -0.1) is 0 Å². The zero-order valence-corrected chi connectivity index (χ0v) is 17.3. The molecule has 0 aliphatic carbocycles. The minimum Gasteiger partial charge on any atom is -0.326 e. The summed E-state index contributed by atoms with van der Waals surface area (Å²) in [4.78, 5) is 0. The van der Waals surface area contributed by atoms with Crippen molar-refractivity contribution in [2.24, 2.45) is 16.6 Å². The van der Waals surface area contributed by atoms with Gasteiger partial charge >= 0.3 is 0 Å². The van der Waals surface area contributed by atoms with Crippen LogP contribution in [-0.2, 0) is 6.42 Å². The fourth-order valence-corrected chi connectivity index (χ4v) is 4.31. The number of H-pyrrole nitrogens is 1. The maximum Gasteiger partial charge on any atom is 0.147 e. The van der Waals surface area contributed by atoms with E-state index in [1.807, 2.05) is 36.2 Å². The van der Waals surface area contributed by atoms with Gasteiger partial charge in [0.05, 0.1) is 17.8 Å². The monoisotopic (exact) mass is 444 g/mol. The highest BCUT2D eigenvalue weighted by Gasteiger charge is 2.26. The maximum atomic E-state index is 6.35. The number of halogens is 1. The smallest absolute Gasteiger partial charge is 0.147 e. The van der Waals surface area contributed by atoms with E-state index in [4.69, 9.17) is 16.6 Å². The molecule has 0 saturated carbocycles. The first-order valence-electron chi connectivity index (χ1n) is 8.72. The molecule has 0 fully saturated rings. The van der Waals surface area contributed by atoms with Crippen molar-refractivity contribution < 1.29 is 0 Å². The fourth-order valence-electron chi connectivity index (χ4n) is 3.15. The van der Waals surface area contributed by atoms with Crippen LogP contribution in [0.2, 0.25) is 0 Å². The summed E-state index contributed by atoms with van der Waals surface area (Å²) in [6, 6.07) is 14.4. The predicted octanol–water partition coefficient (Wildman–Crippen LogP) is 3.16. The number of nitrogens with zero attached hydrogens (tertiary/aromatic N) is 3. The molecule has 27 heavy (non-hydrogen) atoms. The summed E-state index contributed by atoms with van der Waals surface area (Å²) in [7, 11) is 0. The van der Waals surface area contributed by atoms with Crippen LogP contribution in [0.5, 0.6) is 0 Å². The first-order chi connectivity index (χ1) is 13.0. The van der Waals surface area contributed by atoms with Gasteiger partial charge in [-0.2, -0.15) is 10.2 Å². The van der Waals surface area contributed by atoms with Gasteiger partial charge in [0.15, 0.2) is 0 Å². The number of fused-ring (bicyclic) bond motifs is 1. The topological polar surface area (TPSA) is 96.3 Å². The molecule has 4 rings (SSSR count). The molecule has 0 spiro atoms. The normalized spacial score (nSPS) is 18.1. The van der Waals surface area contributed by atoms with E-state index in [0.29, 0.717) is 6.54 Å². The molecule has 3 aromatic rings. The number of aromatic amines is 1. The van der Waals surface area contributed by atoms with Gasteiger partial charge in [0.1, 0.15) is 10.5 Å². The molecule has 1 unspecified atom stereocenters. The van der Waals surface area contributed by atoms with Gasteiger partial charge in [0.25, 0.3) is 0 Å². The van der Waals surface area contributed by atoms with Crippen LogP contribution in [0.25, 0.3) is 10.9 Å². The summed E-state index contributed by atoms with van der Waals surface area (Å²) in [5, 5.41) is 15.9. The average molecular weight is 445 g/mol. The summed E-state index contributed by atoms with van der Waals surface area (Å²) in [6.07, 6.45) is 0.784. The lowest BCUT2D eigenvalue weighted by Gasteiger charge is -2.22. The molecular formula is C19H21BrN6S. The van der Waals surface area contributed by atoms with Gasteiger partial charge in [0.2, 0.25) is 0 Å². The van der Waals surface area contributed by atoms with Gasteiger partial charge in [-0.3, -0.25) is 10.1 Å². The van der Waals surface area contributed by atoms with Crippen LogP contribution in [0.3, 0.4) is 0 Å². The first kappa shape index (κ1) is 18.5. The van der Waals surface area contributed by atoms with Gasteiger partial charge < -0.3 is 11.5 Å². The lowest BCUT2D eigenvalue weighted by Crippen LogP contribution is -2.42. The summed E-state index contributed by atoms with van der Waals surface area (Å²) in [5.41, 5.74) is 16.7. The third-order valence-corrected chi connectivity index (χ3v) is 6.13. The number of thioether (sulfide) groups is 1. The van der Waals surface area contributed by atoms with E-state index in [9.17, 15) is 0 Å². The van der Waals surface area contributed by atoms with Crippen molar-refractivity contribution in [3.05, 3.63) is 63.8 Å². The zero-order chi connectivity index (χ0) is 19.0. The van der Waals surface area contributed by atoms with Gasteiger partial charge in [-0.25, -0.2) is 0 Å². The number of hydrogen-bond donors (Lipinski definition) is 3.